The summed E-state index contributed by atoms with van der Waals surface area (Å²) in [5.74, 6) is -2.07. The number of urea groups is 1. The lowest BCUT2D eigenvalue weighted by molar-refractivity contribution is -0.138. The van der Waals surface area contributed by atoms with Gasteiger partial charge in [0.05, 0.1) is 0 Å². The second-order valence-corrected chi connectivity index (χ2v) is 3.88. The zero-order valence-corrected chi connectivity index (χ0v) is 9.63. The van der Waals surface area contributed by atoms with Crippen LogP contribution >= 0.6 is 0 Å². The van der Waals surface area contributed by atoms with Gasteiger partial charge in [0.25, 0.3) is 0 Å². The highest BCUT2D eigenvalue weighted by Crippen LogP contribution is 2.22. The van der Waals surface area contributed by atoms with Crippen LogP contribution in [-0.2, 0) is 9.59 Å². The fraction of sp³-hybridized carbons (Fsp3) is 0.154. The first-order valence-corrected chi connectivity index (χ1v) is 5.47. The molecule has 1 aromatic rings. The number of carbonyl (C=O) groups is 3. The molecule has 0 aromatic heterocycles. The molecular formula is C13H12N2O3. The SMILES string of the molecule is C=CCN1C(=O)NC(=O)[C@H](c2ccccc2)C1=O. The van der Waals surface area contributed by atoms with Crippen LogP contribution in [0.3, 0.4) is 0 Å². The third-order valence-corrected chi connectivity index (χ3v) is 2.70. The van der Waals surface area contributed by atoms with Crippen molar-refractivity contribution in [1.29, 1.82) is 0 Å². The molecule has 1 heterocycles. The van der Waals surface area contributed by atoms with Crippen molar-refractivity contribution >= 4 is 17.8 Å². The van der Waals surface area contributed by atoms with Crippen LogP contribution in [0, 0.1) is 0 Å². The molecule has 92 valence electrons. The molecule has 1 aliphatic heterocycles. The molecule has 1 aromatic carbocycles. The zero-order valence-electron chi connectivity index (χ0n) is 9.63. The second kappa shape index (κ2) is 4.83. The Morgan fingerprint density at radius 2 is 1.89 bits per heavy atom. The summed E-state index contributed by atoms with van der Waals surface area (Å²) in [5, 5.41) is 2.17. The maximum absolute atomic E-state index is 12.1. The van der Waals surface area contributed by atoms with Gasteiger partial charge in [-0.05, 0) is 5.56 Å². The number of barbiturate groups is 1. The third kappa shape index (κ3) is 2.02. The van der Waals surface area contributed by atoms with Crippen molar-refractivity contribution in [3.8, 4) is 0 Å². The van der Waals surface area contributed by atoms with Crippen LogP contribution in [0.2, 0.25) is 0 Å². The predicted molar refractivity (Wildman–Crippen MR) is 64.6 cm³/mol. The molecule has 1 atom stereocenters. The molecule has 1 saturated heterocycles. The predicted octanol–water partition coefficient (Wildman–Crippen LogP) is 1.03. The van der Waals surface area contributed by atoms with Crippen LogP contribution in [0.25, 0.3) is 0 Å². The van der Waals surface area contributed by atoms with Crippen molar-refractivity contribution in [1.82, 2.24) is 10.2 Å². The number of rotatable bonds is 3. The lowest BCUT2D eigenvalue weighted by Gasteiger charge is -2.29. The first-order valence-electron chi connectivity index (χ1n) is 5.47. The third-order valence-electron chi connectivity index (χ3n) is 2.70. The van der Waals surface area contributed by atoms with Gasteiger partial charge in [-0.3, -0.25) is 19.8 Å². The fourth-order valence-electron chi connectivity index (χ4n) is 1.85. The molecule has 0 saturated carbocycles. The summed E-state index contributed by atoms with van der Waals surface area (Å²) in [6, 6.07) is 7.95. The van der Waals surface area contributed by atoms with E-state index >= 15 is 0 Å². The normalized spacial score (nSPS) is 19.7. The summed E-state index contributed by atoms with van der Waals surface area (Å²) < 4.78 is 0. The molecule has 1 aliphatic rings. The van der Waals surface area contributed by atoms with E-state index < -0.39 is 23.8 Å². The Balaban J connectivity index is 2.35. The van der Waals surface area contributed by atoms with Gasteiger partial charge in [-0.1, -0.05) is 36.4 Å². The van der Waals surface area contributed by atoms with Crippen molar-refractivity contribution < 1.29 is 14.4 Å². The quantitative estimate of drug-likeness (QED) is 0.638. The molecule has 1 fully saturated rings. The van der Waals surface area contributed by atoms with E-state index in [1.807, 2.05) is 0 Å². The van der Waals surface area contributed by atoms with Crippen molar-refractivity contribution in [3.05, 3.63) is 48.6 Å². The van der Waals surface area contributed by atoms with Crippen LogP contribution in [0.1, 0.15) is 11.5 Å². The van der Waals surface area contributed by atoms with E-state index in [2.05, 4.69) is 11.9 Å². The summed E-state index contributed by atoms with van der Waals surface area (Å²) >= 11 is 0. The lowest BCUT2D eigenvalue weighted by atomic mass is 9.95. The van der Waals surface area contributed by atoms with E-state index in [0.29, 0.717) is 5.56 Å². The monoisotopic (exact) mass is 244 g/mol. The Hall–Kier alpha value is -2.43. The van der Waals surface area contributed by atoms with Gasteiger partial charge in [0, 0.05) is 6.54 Å². The molecule has 0 aliphatic carbocycles. The van der Waals surface area contributed by atoms with Gasteiger partial charge in [0.1, 0.15) is 5.92 Å². The number of nitrogens with one attached hydrogen (secondary N) is 1. The van der Waals surface area contributed by atoms with E-state index in [9.17, 15) is 14.4 Å². The number of hydrogen-bond acceptors (Lipinski definition) is 3. The molecule has 0 bridgehead atoms. The molecule has 2 rings (SSSR count). The standard InChI is InChI=1S/C13H12N2O3/c1-2-8-15-12(17)10(11(16)14-13(15)18)9-6-4-3-5-7-9/h2-7,10H,1,8H2,(H,14,16,18)/t10-/m0/s1. The zero-order chi connectivity index (χ0) is 13.1. The van der Waals surface area contributed by atoms with Crippen LogP contribution in [0.15, 0.2) is 43.0 Å². The summed E-state index contributed by atoms with van der Waals surface area (Å²) in [7, 11) is 0. The molecule has 0 unspecified atom stereocenters. The number of amides is 4. The van der Waals surface area contributed by atoms with Crippen molar-refractivity contribution in [2.45, 2.75) is 5.92 Å². The minimum Gasteiger partial charge on any atom is -0.277 e. The van der Waals surface area contributed by atoms with E-state index in [0.717, 1.165) is 4.90 Å². The fourth-order valence-corrected chi connectivity index (χ4v) is 1.85. The highest BCUT2D eigenvalue weighted by molar-refractivity contribution is 6.19. The summed E-state index contributed by atoms with van der Waals surface area (Å²) in [5.41, 5.74) is 0.571. The van der Waals surface area contributed by atoms with Crippen molar-refractivity contribution in [2.75, 3.05) is 6.54 Å². The van der Waals surface area contributed by atoms with E-state index in [1.165, 1.54) is 6.08 Å². The van der Waals surface area contributed by atoms with E-state index in [1.54, 1.807) is 30.3 Å². The Labute approximate surface area is 104 Å². The smallest absolute Gasteiger partial charge is 0.277 e. The number of nitrogens with zero attached hydrogens (tertiary/aromatic N) is 1. The van der Waals surface area contributed by atoms with Gasteiger partial charge in [-0.25, -0.2) is 4.79 Å². The highest BCUT2D eigenvalue weighted by Gasteiger charge is 2.40. The maximum Gasteiger partial charge on any atom is 0.331 e. The number of benzene rings is 1. The Morgan fingerprint density at radius 3 is 2.50 bits per heavy atom. The minimum atomic E-state index is -0.969. The molecule has 0 spiro atoms. The average Bonchev–Trinajstić information content (AvgIpc) is 2.35. The van der Waals surface area contributed by atoms with E-state index in [4.69, 9.17) is 0 Å². The van der Waals surface area contributed by atoms with Gasteiger partial charge in [0.2, 0.25) is 11.8 Å². The number of hydrogen-bond donors (Lipinski definition) is 1. The molecule has 1 N–H and O–H groups in total. The molecule has 5 nitrogen and oxygen atoms in total. The first kappa shape index (κ1) is 12.0. The van der Waals surface area contributed by atoms with Crippen LogP contribution < -0.4 is 5.32 Å². The average molecular weight is 244 g/mol. The molecule has 18 heavy (non-hydrogen) atoms. The summed E-state index contributed by atoms with van der Waals surface area (Å²) in [6.45, 7) is 3.57. The van der Waals surface area contributed by atoms with Crippen LogP contribution in [0.5, 0.6) is 0 Å². The van der Waals surface area contributed by atoms with E-state index in [-0.39, 0.29) is 6.54 Å². The highest BCUT2D eigenvalue weighted by atomic mass is 16.2. The van der Waals surface area contributed by atoms with Crippen molar-refractivity contribution in [2.24, 2.45) is 0 Å². The van der Waals surface area contributed by atoms with Gasteiger partial charge in [-0.2, -0.15) is 0 Å². The molecule has 4 amide bonds. The molecule has 0 radical (unpaired) electrons. The summed E-state index contributed by atoms with van der Waals surface area (Å²) in [4.78, 5) is 36.4. The maximum atomic E-state index is 12.1. The second-order valence-electron chi connectivity index (χ2n) is 3.88. The summed E-state index contributed by atoms with van der Waals surface area (Å²) in [6.07, 6.45) is 1.44. The van der Waals surface area contributed by atoms with Crippen LogP contribution in [-0.4, -0.2) is 29.3 Å². The molecule has 5 heteroatoms. The largest absolute Gasteiger partial charge is 0.331 e. The van der Waals surface area contributed by atoms with Gasteiger partial charge in [-0.15, -0.1) is 6.58 Å². The van der Waals surface area contributed by atoms with Gasteiger partial charge >= 0.3 is 6.03 Å². The first-order chi connectivity index (χ1) is 8.65. The van der Waals surface area contributed by atoms with Gasteiger partial charge < -0.3 is 0 Å². The van der Waals surface area contributed by atoms with Crippen LogP contribution in [0.4, 0.5) is 4.79 Å². The molecular weight excluding hydrogens is 232 g/mol. The Bertz CT molecular complexity index is 510. The minimum absolute atomic E-state index is 0.0846. The van der Waals surface area contributed by atoms with Crippen molar-refractivity contribution in [3.63, 3.8) is 0 Å². The lowest BCUT2D eigenvalue weighted by Crippen LogP contribution is -2.56. The number of imide groups is 2. The number of carbonyl (C=O) groups excluding carboxylic acids is 3. The van der Waals surface area contributed by atoms with Gasteiger partial charge in [0.15, 0.2) is 0 Å². The Morgan fingerprint density at radius 1 is 1.22 bits per heavy atom. The topological polar surface area (TPSA) is 66.5 Å². The Kier molecular flexibility index (Phi) is 3.23.